The molecule has 2 N–H and O–H groups in total. The van der Waals surface area contributed by atoms with Gasteiger partial charge in [-0.1, -0.05) is 25.5 Å². The minimum atomic E-state index is -1.02. The van der Waals surface area contributed by atoms with E-state index in [4.69, 9.17) is 5.11 Å². The molecule has 0 heterocycles. The van der Waals surface area contributed by atoms with E-state index in [0.29, 0.717) is 12.3 Å². The molecule has 0 radical (unpaired) electrons. The molecule has 1 atom stereocenters. The van der Waals surface area contributed by atoms with E-state index in [9.17, 15) is 9.59 Å². The largest absolute Gasteiger partial charge is 0.480 e. The predicted molar refractivity (Wildman–Crippen MR) is 53.4 cm³/mol. The fourth-order valence-electron chi connectivity index (χ4n) is 1.23. The van der Waals surface area contributed by atoms with Crippen LogP contribution >= 0.6 is 0 Å². The topological polar surface area (TPSA) is 75.6 Å². The first-order valence-corrected chi connectivity index (χ1v) is 4.90. The second kappa shape index (κ2) is 5.38. The van der Waals surface area contributed by atoms with E-state index in [2.05, 4.69) is 16.6 Å². The molecule has 15 heavy (non-hydrogen) atoms. The monoisotopic (exact) mass is 213 g/mol. The maximum absolute atomic E-state index is 11.1. The fraction of sp³-hybridized carbons (Fsp3) is 0.600. The lowest BCUT2D eigenvalue weighted by Gasteiger charge is -2.13. The van der Waals surface area contributed by atoms with E-state index < -0.39 is 18.1 Å². The molecule has 84 valence electrons. The molecular formula is C10H15NO4. The molecule has 0 bridgehead atoms. The molecule has 1 amide bonds. The molecule has 1 aliphatic rings. The summed E-state index contributed by atoms with van der Waals surface area (Å²) in [7, 11) is 0. The number of amides is 1. The number of hydrogen-bond donors (Lipinski definition) is 2. The van der Waals surface area contributed by atoms with Gasteiger partial charge >= 0.3 is 12.1 Å². The third-order valence-corrected chi connectivity index (χ3v) is 2.19. The van der Waals surface area contributed by atoms with Crippen LogP contribution in [-0.4, -0.2) is 29.8 Å². The van der Waals surface area contributed by atoms with Crippen molar-refractivity contribution in [3.63, 3.8) is 0 Å². The zero-order valence-electron chi connectivity index (χ0n) is 8.44. The second-order valence-corrected chi connectivity index (χ2v) is 3.60. The van der Waals surface area contributed by atoms with Gasteiger partial charge in [-0.3, -0.25) is 0 Å². The van der Waals surface area contributed by atoms with Gasteiger partial charge < -0.3 is 15.2 Å². The summed E-state index contributed by atoms with van der Waals surface area (Å²) in [5, 5.41) is 11.1. The van der Waals surface area contributed by atoms with Gasteiger partial charge in [0.2, 0.25) is 0 Å². The molecule has 1 unspecified atom stereocenters. The molecule has 0 aromatic rings. The Kier molecular flexibility index (Phi) is 4.15. The fourth-order valence-corrected chi connectivity index (χ4v) is 1.23. The minimum absolute atomic E-state index is 0.0849. The van der Waals surface area contributed by atoms with Crippen LogP contribution in [0.2, 0.25) is 0 Å². The molecule has 1 rings (SSSR count). The van der Waals surface area contributed by atoms with Gasteiger partial charge in [-0.05, 0) is 12.3 Å². The molecule has 0 saturated heterocycles. The molecule has 1 fully saturated rings. The van der Waals surface area contributed by atoms with Crippen LogP contribution in [0.25, 0.3) is 0 Å². The van der Waals surface area contributed by atoms with E-state index in [-0.39, 0.29) is 6.61 Å². The van der Waals surface area contributed by atoms with Crippen molar-refractivity contribution in [2.24, 2.45) is 5.92 Å². The number of alkyl carbamates (subject to hydrolysis) is 1. The summed E-state index contributed by atoms with van der Waals surface area (Å²) < 4.78 is 4.64. The Morgan fingerprint density at radius 2 is 2.27 bits per heavy atom. The van der Waals surface area contributed by atoms with E-state index in [1.165, 1.54) is 6.08 Å². The van der Waals surface area contributed by atoms with Crippen molar-refractivity contribution >= 4 is 12.1 Å². The number of hydrogen-bond acceptors (Lipinski definition) is 3. The second-order valence-electron chi connectivity index (χ2n) is 3.60. The Morgan fingerprint density at radius 3 is 2.73 bits per heavy atom. The molecule has 0 aromatic heterocycles. The Balaban J connectivity index is 2.31. The van der Waals surface area contributed by atoms with Crippen LogP contribution in [0.1, 0.15) is 19.3 Å². The van der Waals surface area contributed by atoms with Crippen LogP contribution in [0.4, 0.5) is 4.79 Å². The first kappa shape index (κ1) is 11.6. The van der Waals surface area contributed by atoms with Crippen molar-refractivity contribution in [3.05, 3.63) is 12.7 Å². The quantitative estimate of drug-likeness (QED) is 0.649. The van der Waals surface area contributed by atoms with Crippen LogP contribution in [-0.2, 0) is 9.53 Å². The first-order chi connectivity index (χ1) is 7.13. The molecule has 0 spiro atoms. The van der Waals surface area contributed by atoms with Gasteiger partial charge in [-0.15, -0.1) is 0 Å². The lowest BCUT2D eigenvalue weighted by Crippen LogP contribution is -2.41. The number of nitrogens with one attached hydrogen (secondary N) is 1. The normalized spacial score (nSPS) is 16.5. The molecule has 1 aliphatic carbocycles. The van der Waals surface area contributed by atoms with Gasteiger partial charge in [0.05, 0.1) is 0 Å². The molecule has 1 saturated carbocycles. The summed E-state index contributed by atoms with van der Waals surface area (Å²) in [6.07, 6.45) is 3.30. The maximum atomic E-state index is 11.1. The van der Waals surface area contributed by atoms with Gasteiger partial charge in [0.1, 0.15) is 12.6 Å². The number of aliphatic carboxylic acids is 1. The number of carbonyl (C=O) groups excluding carboxylic acids is 1. The molecule has 0 aromatic carbocycles. The smallest absolute Gasteiger partial charge is 0.408 e. The highest BCUT2D eigenvalue weighted by Crippen LogP contribution is 2.33. The summed E-state index contributed by atoms with van der Waals surface area (Å²) in [5.74, 6) is -0.580. The van der Waals surface area contributed by atoms with Crippen molar-refractivity contribution < 1.29 is 19.4 Å². The summed E-state index contributed by atoms with van der Waals surface area (Å²) in [4.78, 5) is 21.9. The van der Waals surface area contributed by atoms with Crippen molar-refractivity contribution in [1.82, 2.24) is 5.32 Å². The highest BCUT2D eigenvalue weighted by Gasteiger charge is 2.30. The highest BCUT2D eigenvalue weighted by molar-refractivity contribution is 5.79. The Labute approximate surface area is 88.1 Å². The van der Waals surface area contributed by atoms with Crippen LogP contribution in [0.5, 0.6) is 0 Å². The van der Waals surface area contributed by atoms with Crippen LogP contribution in [0.15, 0.2) is 12.7 Å². The number of ether oxygens (including phenoxy) is 1. The van der Waals surface area contributed by atoms with Crippen molar-refractivity contribution in [1.29, 1.82) is 0 Å². The summed E-state index contributed by atoms with van der Waals surface area (Å²) in [6, 6.07) is -0.838. The van der Waals surface area contributed by atoms with Gasteiger partial charge in [0.25, 0.3) is 0 Å². The van der Waals surface area contributed by atoms with E-state index >= 15 is 0 Å². The zero-order valence-corrected chi connectivity index (χ0v) is 8.44. The predicted octanol–water partition coefficient (Wildman–Crippen LogP) is 1.15. The number of rotatable bonds is 6. The first-order valence-electron chi connectivity index (χ1n) is 4.90. The lowest BCUT2D eigenvalue weighted by molar-refractivity contribution is -0.139. The van der Waals surface area contributed by atoms with Gasteiger partial charge in [-0.25, -0.2) is 9.59 Å². The summed E-state index contributed by atoms with van der Waals surface area (Å²) >= 11 is 0. The number of carboxylic acid groups (broad SMARTS) is 1. The summed E-state index contributed by atoms with van der Waals surface area (Å²) in [5.41, 5.74) is 0. The van der Waals surface area contributed by atoms with E-state index in [0.717, 1.165) is 12.8 Å². The number of carbonyl (C=O) groups is 2. The van der Waals surface area contributed by atoms with Crippen LogP contribution in [0, 0.1) is 5.92 Å². The van der Waals surface area contributed by atoms with E-state index in [1.807, 2.05) is 0 Å². The van der Waals surface area contributed by atoms with Crippen molar-refractivity contribution in [3.8, 4) is 0 Å². The number of carboxylic acids is 1. The summed E-state index contributed by atoms with van der Waals surface area (Å²) in [6.45, 7) is 3.47. The average molecular weight is 213 g/mol. The Hall–Kier alpha value is -1.52. The lowest BCUT2D eigenvalue weighted by atomic mass is 10.1. The minimum Gasteiger partial charge on any atom is -0.480 e. The van der Waals surface area contributed by atoms with Crippen LogP contribution < -0.4 is 5.32 Å². The third kappa shape index (κ3) is 4.49. The van der Waals surface area contributed by atoms with Gasteiger partial charge in [-0.2, -0.15) is 0 Å². The molecule has 0 aliphatic heterocycles. The average Bonchev–Trinajstić information content (AvgIpc) is 2.97. The van der Waals surface area contributed by atoms with Crippen molar-refractivity contribution in [2.75, 3.05) is 6.61 Å². The maximum Gasteiger partial charge on any atom is 0.408 e. The van der Waals surface area contributed by atoms with Gasteiger partial charge in [0.15, 0.2) is 0 Å². The zero-order chi connectivity index (χ0) is 11.3. The van der Waals surface area contributed by atoms with Gasteiger partial charge in [0, 0.05) is 0 Å². The standard InChI is InChI=1S/C10H15NO4/c1-2-5-15-10(14)11-8(9(12)13)6-7-3-4-7/h2,7-8H,1,3-6H2,(H,11,14)(H,12,13). The molecule has 5 nitrogen and oxygen atoms in total. The van der Waals surface area contributed by atoms with Crippen molar-refractivity contribution in [2.45, 2.75) is 25.3 Å². The van der Waals surface area contributed by atoms with Crippen LogP contribution in [0.3, 0.4) is 0 Å². The third-order valence-electron chi connectivity index (χ3n) is 2.19. The Morgan fingerprint density at radius 1 is 1.60 bits per heavy atom. The van der Waals surface area contributed by atoms with E-state index in [1.54, 1.807) is 0 Å². The highest BCUT2D eigenvalue weighted by atomic mass is 16.5. The SMILES string of the molecule is C=CCOC(=O)NC(CC1CC1)C(=O)O. The molecular weight excluding hydrogens is 198 g/mol. The Bertz CT molecular complexity index is 260. The molecule has 5 heteroatoms.